The number of hydrogen-bond acceptors (Lipinski definition) is 5. The first-order chi connectivity index (χ1) is 12.1. The van der Waals surface area contributed by atoms with E-state index < -0.39 is 12.1 Å². The molecule has 0 radical (unpaired) electrons. The lowest BCUT2D eigenvalue weighted by molar-refractivity contribution is -0.145. The summed E-state index contributed by atoms with van der Waals surface area (Å²) in [5.41, 5.74) is 7.59. The lowest BCUT2D eigenvalue weighted by atomic mass is 9.81. The van der Waals surface area contributed by atoms with Gasteiger partial charge in [0.2, 0.25) is 0 Å². The van der Waals surface area contributed by atoms with Gasteiger partial charge in [-0.1, -0.05) is 44.0 Å². The molecule has 0 bridgehead atoms. The van der Waals surface area contributed by atoms with E-state index in [4.69, 9.17) is 4.74 Å². The average molecular weight is 346 g/mol. The monoisotopic (exact) mass is 346 g/mol. The number of carbonyl (C=O) groups excluding carboxylic acids is 1. The van der Waals surface area contributed by atoms with Crippen LogP contribution in [0.4, 0.5) is 5.69 Å². The van der Waals surface area contributed by atoms with Gasteiger partial charge in [0.15, 0.2) is 0 Å². The summed E-state index contributed by atoms with van der Waals surface area (Å²) in [6.45, 7) is 6.14. The highest BCUT2D eigenvalue weighted by Crippen LogP contribution is 2.30. The van der Waals surface area contributed by atoms with E-state index in [-0.39, 0.29) is 11.9 Å². The average Bonchev–Trinajstić information content (AvgIpc) is 2.66. The van der Waals surface area contributed by atoms with Crippen molar-refractivity contribution in [3.05, 3.63) is 42.5 Å². The lowest BCUT2D eigenvalue weighted by Crippen LogP contribution is -2.43. The van der Waals surface area contributed by atoms with Crippen molar-refractivity contribution in [2.45, 2.75) is 57.6 Å². The van der Waals surface area contributed by atoms with E-state index in [1.54, 1.807) is 6.92 Å². The van der Waals surface area contributed by atoms with Crippen LogP contribution in [-0.2, 0) is 9.53 Å². The van der Waals surface area contributed by atoms with Gasteiger partial charge in [-0.3, -0.25) is 4.79 Å². The minimum Gasteiger partial charge on any atom is -0.465 e. The van der Waals surface area contributed by atoms with Crippen LogP contribution >= 0.6 is 0 Å². The van der Waals surface area contributed by atoms with E-state index in [9.17, 15) is 9.90 Å². The Hall–Kier alpha value is -1.85. The van der Waals surface area contributed by atoms with Crippen LogP contribution in [0.3, 0.4) is 0 Å². The second kappa shape index (κ2) is 10.2. The van der Waals surface area contributed by atoms with Gasteiger partial charge in [0.1, 0.15) is 6.04 Å². The summed E-state index contributed by atoms with van der Waals surface area (Å²) in [6, 6.07) is 8.97. The standard InChI is InChI=1S/C20H30N2O3/c1-3-25-20(24)18(22-21-17-12-8-5-9-13-17)14-15(2)19(23)16-10-6-4-7-11-16/h5,8-9,12-13,16,18-19,21-23H,2-4,6-7,10-11,14H2,1H3. The molecule has 1 aliphatic rings. The minimum atomic E-state index is -0.592. The topological polar surface area (TPSA) is 70.6 Å². The first-order valence-corrected chi connectivity index (χ1v) is 9.20. The number of hydrogen-bond donors (Lipinski definition) is 3. The second-order valence-electron chi connectivity index (χ2n) is 6.65. The van der Waals surface area contributed by atoms with Gasteiger partial charge in [-0.2, -0.15) is 0 Å². The van der Waals surface area contributed by atoms with E-state index in [1.165, 1.54) is 6.42 Å². The van der Waals surface area contributed by atoms with Crippen LogP contribution in [-0.4, -0.2) is 29.8 Å². The maximum Gasteiger partial charge on any atom is 0.325 e. The summed E-state index contributed by atoms with van der Waals surface area (Å²) >= 11 is 0. The molecule has 1 fully saturated rings. The van der Waals surface area contributed by atoms with Crippen molar-refractivity contribution in [2.24, 2.45) is 5.92 Å². The van der Waals surface area contributed by atoms with Crippen LogP contribution < -0.4 is 10.9 Å². The predicted molar refractivity (Wildman–Crippen MR) is 100.0 cm³/mol. The molecule has 1 saturated carbocycles. The molecule has 1 aromatic carbocycles. The number of benzene rings is 1. The van der Waals surface area contributed by atoms with Crippen molar-refractivity contribution in [1.82, 2.24) is 5.43 Å². The van der Waals surface area contributed by atoms with Crippen LogP contribution in [0, 0.1) is 5.92 Å². The summed E-state index contributed by atoms with van der Waals surface area (Å²) in [6.07, 6.45) is 5.39. The Morgan fingerprint density at radius 2 is 1.96 bits per heavy atom. The summed E-state index contributed by atoms with van der Waals surface area (Å²) < 4.78 is 5.15. The summed E-state index contributed by atoms with van der Waals surface area (Å²) in [7, 11) is 0. The van der Waals surface area contributed by atoms with Gasteiger partial charge in [0.05, 0.1) is 12.7 Å². The first kappa shape index (κ1) is 19.5. The maximum atomic E-state index is 12.3. The summed E-state index contributed by atoms with van der Waals surface area (Å²) in [5.74, 6) is -0.0888. The predicted octanol–water partition coefficient (Wildman–Crippen LogP) is 3.42. The number of ether oxygens (including phenoxy) is 1. The highest BCUT2D eigenvalue weighted by molar-refractivity contribution is 5.76. The minimum absolute atomic E-state index is 0.256. The van der Waals surface area contributed by atoms with E-state index in [2.05, 4.69) is 17.4 Å². The van der Waals surface area contributed by atoms with Gasteiger partial charge < -0.3 is 15.3 Å². The molecule has 0 amide bonds. The fourth-order valence-corrected chi connectivity index (χ4v) is 3.29. The largest absolute Gasteiger partial charge is 0.465 e. The quantitative estimate of drug-likeness (QED) is 0.363. The van der Waals surface area contributed by atoms with E-state index in [0.29, 0.717) is 18.6 Å². The molecule has 3 N–H and O–H groups in total. The molecule has 0 spiro atoms. The Morgan fingerprint density at radius 1 is 1.28 bits per heavy atom. The molecule has 5 heteroatoms. The Labute approximate surface area is 150 Å². The third-order valence-electron chi connectivity index (χ3n) is 4.72. The fourth-order valence-electron chi connectivity index (χ4n) is 3.29. The highest BCUT2D eigenvalue weighted by Gasteiger charge is 2.28. The third kappa shape index (κ3) is 6.18. The molecule has 1 aliphatic carbocycles. The van der Waals surface area contributed by atoms with Crippen LogP contribution in [0.15, 0.2) is 42.5 Å². The van der Waals surface area contributed by atoms with Crippen LogP contribution in [0.25, 0.3) is 0 Å². The molecule has 2 unspecified atom stereocenters. The molecule has 1 aromatic rings. The smallest absolute Gasteiger partial charge is 0.325 e. The number of rotatable bonds is 9. The number of esters is 1. The number of aliphatic hydroxyl groups excluding tert-OH is 1. The Kier molecular flexibility index (Phi) is 7.95. The number of carbonyl (C=O) groups is 1. The molecule has 0 saturated heterocycles. The van der Waals surface area contributed by atoms with Gasteiger partial charge in [0.25, 0.3) is 0 Å². The Balaban J connectivity index is 1.94. The fraction of sp³-hybridized carbons (Fsp3) is 0.550. The number of para-hydroxylation sites is 1. The van der Waals surface area contributed by atoms with Crippen molar-refractivity contribution >= 4 is 11.7 Å². The van der Waals surface area contributed by atoms with Crippen molar-refractivity contribution in [1.29, 1.82) is 0 Å². The second-order valence-corrected chi connectivity index (χ2v) is 6.65. The van der Waals surface area contributed by atoms with E-state index >= 15 is 0 Å². The maximum absolute atomic E-state index is 12.3. The van der Waals surface area contributed by atoms with Crippen LogP contribution in [0.1, 0.15) is 45.4 Å². The lowest BCUT2D eigenvalue weighted by Gasteiger charge is -2.29. The number of hydrazine groups is 1. The zero-order valence-corrected chi connectivity index (χ0v) is 15.0. The summed E-state index contributed by atoms with van der Waals surface area (Å²) in [5, 5.41) is 10.6. The zero-order valence-electron chi connectivity index (χ0n) is 15.0. The zero-order chi connectivity index (χ0) is 18.1. The van der Waals surface area contributed by atoms with Crippen LogP contribution in [0.2, 0.25) is 0 Å². The number of nitrogens with one attached hydrogen (secondary N) is 2. The van der Waals surface area contributed by atoms with E-state index in [0.717, 1.165) is 31.4 Å². The first-order valence-electron chi connectivity index (χ1n) is 9.20. The van der Waals surface area contributed by atoms with Crippen molar-refractivity contribution in [3.63, 3.8) is 0 Å². The number of aliphatic hydroxyl groups is 1. The molecule has 0 aromatic heterocycles. The Bertz CT molecular complexity index is 541. The molecule has 0 aliphatic heterocycles. The third-order valence-corrected chi connectivity index (χ3v) is 4.72. The van der Waals surface area contributed by atoms with Gasteiger partial charge >= 0.3 is 5.97 Å². The molecule has 2 rings (SSSR count). The number of anilines is 1. The normalized spacial score (nSPS) is 17.5. The molecule has 25 heavy (non-hydrogen) atoms. The van der Waals surface area contributed by atoms with Crippen molar-refractivity contribution in [3.8, 4) is 0 Å². The van der Waals surface area contributed by atoms with Gasteiger partial charge in [-0.15, -0.1) is 0 Å². The van der Waals surface area contributed by atoms with E-state index in [1.807, 2.05) is 30.3 Å². The molecule has 0 heterocycles. The highest BCUT2D eigenvalue weighted by atomic mass is 16.5. The summed E-state index contributed by atoms with van der Waals surface area (Å²) in [4.78, 5) is 12.3. The van der Waals surface area contributed by atoms with Gasteiger partial charge in [-0.05, 0) is 49.8 Å². The molecule has 2 atom stereocenters. The molecular formula is C20H30N2O3. The Morgan fingerprint density at radius 3 is 2.60 bits per heavy atom. The van der Waals surface area contributed by atoms with Gasteiger partial charge in [-0.25, -0.2) is 5.43 Å². The van der Waals surface area contributed by atoms with Gasteiger partial charge in [0, 0.05) is 5.69 Å². The van der Waals surface area contributed by atoms with Crippen molar-refractivity contribution in [2.75, 3.05) is 12.0 Å². The molecule has 5 nitrogen and oxygen atoms in total. The SMILES string of the molecule is C=C(CC(NNc1ccccc1)C(=O)OCC)C(O)C1CCCCC1. The van der Waals surface area contributed by atoms with Crippen molar-refractivity contribution < 1.29 is 14.6 Å². The molecular weight excluding hydrogens is 316 g/mol. The molecule has 138 valence electrons. The van der Waals surface area contributed by atoms with Crippen LogP contribution in [0.5, 0.6) is 0 Å².